The van der Waals surface area contributed by atoms with Crippen LogP contribution in [0.5, 0.6) is 0 Å². The van der Waals surface area contributed by atoms with Gasteiger partial charge in [-0.15, -0.1) is 5.10 Å². The highest BCUT2D eigenvalue weighted by molar-refractivity contribution is 6.31. The maximum Gasteiger partial charge on any atom is 0.270 e. The van der Waals surface area contributed by atoms with Crippen LogP contribution in [0.15, 0.2) is 18.2 Å². The van der Waals surface area contributed by atoms with Crippen LogP contribution in [0.4, 0.5) is 11.6 Å². The molecular formula is C10H11ClN6O. The highest BCUT2D eigenvalue weighted by Crippen LogP contribution is 2.20. The molecule has 18 heavy (non-hydrogen) atoms. The molecule has 0 atom stereocenters. The fourth-order valence-corrected chi connectivity index (χ4v) is 1.60. The van der Waals surface area contributed by atoms with Crippen LogP contribution in [0.1, 0.15) is 10.4 Å². The number of aryl methyl sites for hydroxylation is 1. The van der Waals surface area contributed by atoms with E-state index < -0.39 is 0 Å². The number of hydrogen-bond donors (Lipinski definition) is 2. The van der Waals surface area contributed by atoms with Crippen molar-refractivity contribution in [3.05, 3.63) is 28.8 Å². The fraction of sp³-hybridized carbons (Fsp3) is 0.200. The summed E-state index contributed by atoms with van der Waals surface area (Å²) in [6.45, 7) is 0. The molecule has 8 heteroatoms. The first kappa shape index (κ1) is 12.3. The van der Waals surface area contributed by atoms with Crippen molar-refractivity contribution in [3.63, 3.8) is 0 Å². The van der Waals surface area contributed by atoms with Gasteiger partial charge >= 0.3 is 0 Å². The lowest BCUT2D eigenvalue weighted by Gasteiger charge is -2.08. The second-order valence-corrected chi connectivity index (χ2v) is 3.93. The molecule has 0 aliphatic rings. The number of hydrogen-bond acceptors (Lipinski definition) is 5. The van der Waals surface area contributed by atoms with Gasteiger partial charge in [0.15, 0.2) is 0 Å². The Labute approximate surface area is 108 Å². The molecule has 0 spiro atoms. The maximum atomic E-state index is 12.0. The maximum absolute atomic E-state index is 12.0. The first-order chi connectivity index (χ1) is 8.60. The Bertz CT molecular complexity index is 581. The summed E-state index contributed by atoms with van der Waals surface area (Å²) < 4.78 is 0. The normalized spacial score (nSPS) is 10.2. The number of tetrazole rings is 1. The Balaban J connectivity index is 2.25. The lowest BCUT2D eigenvalue weighted by Crippen LogP contribution is -2.15. The van der Waals surface area contributed by atoms with Gasteiger partial charge in [-0.3, -0.25) is 10.1 Å². The van der Waals surface area contributed by atoms with Crippen LogP contribution < -0.4 is 10.6 Å². The Morgan fingerprint density at radius 3 is 2.83 bits per heavy atom. The molecule has 1 heterocycles. The molecule has 0 bridgehead atoms. The van der Waals surface area contributed by atoms with Crippen LogP contribution in [0.3, 0.4) is 0 Å². The van der Waals surface area contributed by atoms with Crippen LogP contribution in [0, 0.1) is 0 Å². The van der Waals surface area contributed by atoms with Gasteiger partial charge < -0.3 is 5.32 Å². The van der Waals surface area contributed by atoms with Gasteiger partial charge in [-0.05, 0) is 23.4 Å². The summed E-state index contributed by atoms with van der Waals surface area (Å²) >= 11 is 5.87. The molecule has 0 saturated heterocycles. The van der Waals surface area contributed by atoms with E-state index in [0.29, 0.717) is 16.3 Å². The van der Waals surface area contributed by atoms with E-state index >= 15 is 0 Å². The molecule has 94 valence electrons. The van der Waals surface area contributed by atoms with Gasteiger partial charge in [-0.1, -0.05) is 16.7 Å². The van der Waals surface area contributed by atoms with Crippen molar-refractivity contribution >= 4 is 29.1 Å². The van der Waals surface area contributed by atoms with Crippen LogP contribution in [-0.4, -0.2) is 33.2 Å². The third-order valence-electron chi connectivity index (χ3n) is 2.23. The van der Waals surface area contributed by atoms with Crippen LogP contribution >= 0.6 is 11.6 Å². The zero-order valence-corrected chi connectivity index (χ0v) is 10.6. The third-order valence-corrected chi connectivity index (χ3v) is 2.46. The van der Waals surface area contributed by atoms with Gasteiger partial charge in [0.1, 0.15) is 0 Å². The Morgan fingerprint density at radius 1 is 1.44 bits per heavy atom. The zero-order chi connectivity index (χ0) is 13.1. The lowest BCUT2D eigenvalue weighted by molar-refractivity contribution is 0.102. The van der Waals surface area contributed by atoms with Crippen molar-refractivity contribution in [2.45, 2.75) is 0 Å². The number of anilines is 2. The molecule has 2 N–H and O–H groups in total. The largest absolute Gasteiger partial charge is 0.387 e. The second-order valence-electron chi connectivity index (χ2n) is 3.50. The van der Waals surface area contributed by atoms with Crippen LogP contribution in [0.25, 0.3) is 0 Å². The average molecular weight is 267 g/mol. The fourth-order valence-electron chi connectivity index (χ4n) is 1.43. The summed E-state index contributed by atoms with van der Waals surface area (Å²) in [6, 6.07) is 4.99. The van der Waals surface area contributed by atoms with Gasteiger partial charge in [0, 0.05) is 17.8 Å². The smallest absolute Gasteiger partial charge is 0.270 e. The lowest BCUT2D eigenvalue weighted by atomic mass is 10.1. The van der Waals surface area contributed by atoms with E-state index in [1.165, 1.54) is 4.80 Å². The van der Waals surface area contributed by atoms with Gasteiger partial charge in [0.25, 0.3) is 11.9 Å². The van der Waals surface area contributed by atoms with Crippen molar-refractivity contribution in [3.8, 4) is 0 Å². The number of aromatic nitrogens is 4. The van der Waals surface area contributed by atoms with E-state index in [2.05, 4.69) is 26.0 Å². The third kappa shape index (κ3) is 2.57. The van der Waals surface area contributed by atoms with Crippen molar-refractivity contribution in [1.29, 1.82) is 0 Å². The number of nitrogens with one attached hydrogen (secondary N) is 2. The SMILES string of the molecule is CNc1ccc(Cl)cc1C(=O)Nc1nnn(C)n1. The van der Waals surface area contributed by atoms with Crippen molar-refractivity contribution < 1.29 is 4.79 Å². The first-order valence-corrected chi connectivity index (χ1v) is 5.50. The molecule has 1 amide bonds. The summed E-state index contributed by atoms with van der Waals surface area (Å²) in [6.07, 6.45) is 0. The summed E-state index contributed by atoms with van der Waals surface area (Å²) in [4.78, 5) is 13.3. The molecule has 0 saturated carbocycles. The van der Waals surface area contributed by atoms with E-state index in [0.717, 1.165) is 0 Å². The van der Waals surface area contributed by atoms with Gasteiger partial charge in [-0.25, -0.2) is 0 Å². The Hall–Kier alpha value is -2.15. The highest BCUT2D eigenvalue weighted by atomic mass is 35.5. The summed E-state index contributed by atoms with van der Waals surface area (Å²) in [7, 11) is 3.33. The second kappa shape index (κ2) is 5.01. The number of amides is 1. The number of carbonyl (C=O) groups is 1. The average Bonchev–Trinajstić information content (AvgIpc) is 2.74. The quantitative estimate of drug-likeness (QED) is 0.871. The summed E-state index contributed by atoms with van der Waals surface area (Å²) in [5, 5.41) is 17.1. The number of halogens is 1. The molecule has 0 unspecified atom stereocenters. The monoisotopic (exact) mass is 266 g/mol. The van der Waals surface area contributed by atoms with E-state index in [9.17, 15) is 4.79 Å². The molecule has 1 aromatic carbocycles. The minimum atomic E-state index is -0.352. The molecule has 0 aliphatic heterocycles. The molecule has 1 aromatic heterocycles. The predicted molar refractivity (Wildman–Crippen MR) is 67.7 cm³/mol. The standard InChI is InChI=1S/C10H11ClN6O/c1-12-8-4-3-6(11)5-7(8)9(18)13-10-14-16-17(2)15-10/h3-5,12H,1-2H3,(H,13,15,18). The summed E-state index contributed by atoms with van der Waals surface area (Å²) in [5.74, 6) is -0.209. The minimum absolute atomic E-state index is 0.143. The van der Waals surface area contributed by atoms with Crippen molar-refractivity contribution in [2.24, 2.45) is 7.05 Å². The molecule has 2 aromatic rings. The molecular weight excluding hydrogens is 256 g/mol. The topological polar surface area (TPSA) is 84.7 Å². The zero-order valence-electron chi connectivity index (χ0n) is 9.81. The molecule has 0 radical (unpaired) electrons. The van der Waals surface area contributed by atoms with Crippen LogP contribution in [0.2, 0.25) is 5.02 Å². The predicted octanol–water partition coefficient (Wildman–Crippen LogP) is 1.16. The van der Waals surface area contributed by atoms with E-state index in [4.69, 9.17) is 11.6 Å². The van der Waals surface area contributed by atoms with E-state index in [1.54, 1.807) is 32.3 Å². The Kier molecular flexibility index (Phi) is 3.42. The number of nitrogens with zero attached hydrogens (tertiary/aromatic N) is 4. The molecule has 0 aliphatic carbocycles. The molecule has 7 nitrogen and oxygen atoms in total. The number of carbonyl (C=O) groups excluding carboxylic acids is 1. The molecule has 0 fully saturated rings. The van der Waals surface area contributed by atoms with Gasteiger partial charge in [0.05, 0.1) is 12.6 Å². The number of benzene rings is 1. The highest BCUT2D eigenvalue weighted by Gasteiger charge is 2.13. The van der Waals surface area contributed by atoms with Crippen molar-refractivity contribution in [1.82, 2.24) is 20.2 Å². The summed E-state index contributed by atoms with van der Waals surface area (Å²) in [5.41, 5.74) is 1.08. The molecule has 2 rings (SSSR count). The van der Waals surface area contributed by atoms with E-state index in [1.807, 2.05) is 0 Å². The number of rotatable bonds is 3. The van der Waals surface area contributed by atoms with Gasteiger partial charge in [-0.2, -0.15) is 4.80 Å². The first-order valence-electron chi connectivity index (χ1n) is 5.13. The van der Waals surface area contributed by atoms with E-state index in [-0.39, 0.29) is 11.9 Å². The van der Waals surface area contributed by atoms with Crippen LogP contribution in [-0.2, 0) is 7.05 Å². The van der Waals surface area contributed by atoms with Crippen molar-refractivity contribution in [2.75, 3.05) is 17.7 Å². The minimum Gasteiger partial charge on any atom is -0.387 e. The van der Waals surface area contributed by atoms with Gasteiger partial charge in [0.2, 0.25) is 0 Å². The Morgan fingerprint density at radius 2 is 2.22 bits per heavy atom.